The van der Waals surface area contributed by atoms with Crippen molar-refractivity contribution in [3.63, 3.8) is 0 Å². The minimum absolute atomic E-state index is 0.157. The lowest BCUT2D eigenvalue weighted by Gasteiger charge is -2.01. The van der Waals surface area contributed by atoms with Crippen LogP contribution in [0.5, 0.6) is 0 Å². The van der Waals surface area contributed by atoms with Crippen LogP contribution >= 0.6 is 22.7 Å². The molecule has 0 radical (unpaired) electrons. The molecule has 1 N–H and O–H groups in total. The van der Waals surface area contributed by atoms with Gasteiger partial charge in [-0.1, -0.05) is 40.0 Å². The Hall–Kier alpha value is -1.44. The summed E-state index contributed by atoms with van der Waals surface area (Å²) in [5, 5.41) is 8.46. The molecule has 0 aromatic carbocycles. The summed E-state index contributed by atoms with van der Waals surface area (Å²) in [6, 6.07) is 7.92. The molecule has 0 saturated heterocycles. The van der Waals surface area contributed by atoms with Crippen LogP contribution in [-0.4, -0.2) is 32.2 Å². The molecule has 4 nitrogen and oxygen atoms in total. The molecule has 0 unspecified atom stereocenters. The zero-order valence-corrected chi connectivity index (χ0v) is 20.8. The van der Waals surface area contributed by atoms with E-state index in [0.717, 1.165) is 22.6 Å². The van der Waals surface area contributed by atoms with Crippen molar-refractivity contribution in [2.75, 3.05) is 7.11 Å². The number of aliphatic carboxylic acids is 1. The lowest BCUT2D eigenvalue weighted by molar-refractivity contribution is -0.140. The summed E-state index contributed by atoms with van der Waals surface area (Å²) in [5.41, 5.74) is 0. The molecule has 0 amide bonds. The molecule has 2 aromatic heterocycles. The highest BCUT2D eigenvalue weighted by atomic mass is 32.1. The van der Waals surface area contributed by atoms with E-state index in [1.165, 1.54) is 16.9 Å². The summed E-state index contributed by atoms with van der Waals surface area (Å²) in [7, 11) is 0.802. The molecule has 0 fully saturated rings. The predicted octanol–water partition coefficient (Wildman–Crippen LogP) is 5.92. The van der Waals surface area contributed by atoms with Gasteiger partial charge in [-0.3, -0.25) is 9.59 Å². The highest BCUT2D eigenvalue weighted by Crippen LogP contribution is 2.18. The summed E-state index contributed by atoms with van der Waals surface area (Å²) >= 11 is 3.26. The Labute approximate surface area is 178 Å². The number of esters is 1. The van der Waals surface area contributed by atoms with Gasteiger partial charge >= 0.3 is 11.9 Å². The average molecular weight is 443 g/mol. The van der Waals surface area contributed by atoms with Crippen molar-refractivity contribution in [3.05, 3.63) is 43.8 Å². The first-order valence-electron chi connectivity index (χ1n) is 9.42. The zero-order chi connectivity index (χ0) is 21.7. The molecule has 28 heavy (non-hydrogen) atoms. The monoisotopic (exact) mass is 442 g/mol. The van der Waals surface area contributed by atoms with Crippen LogP contribution in [0.2, 0.25) is 26.2 Å². The minimum atomic E-state index is -0.755. The number of hydrogen-bond donors (Lipinski definition) is 1. The van der Waals surface area contributed by atoms with E-state index in [1.54, 1.807) is 22.7 Å². The number of thiophene rings is 2. The highest BCUT2D eigenvalue weighted by molar-refractivity contribution is 7.12. The second-order valence-electron chi connectivity index (χ2n) is 7.77. The standard InChI is InChI=1S/C9H12O2S.C8H10O2S.C4H12Si/c1-3-7-4-5-8(12-7)6-9(10)11-2;1-2-6-3-4-7(11-6)5-8(9)10;1-5(2,3)4/h4-5H,3,6H2,1-2H3;3-4H,2,5H2,1H3,(H,9,10);1-4H3. The number of ether oxygens (including phenoxy) is 1. The number of carboxylic acid groups (broad SMARTS) is 1. The summed E-state index contributed by atoms with van der Waals surface area (Å²) in [6.45, 7) is 13.5. The van der Waals surface area contributed by atoms with Crippen LogP contribution in [0, 0.1) is 0 Å². The van der Waals surface area contributed by atoms with Crippen molar-refractivity contribution in [3.8, 4) is 0 Å². The Kier molecular flexibility index (Phi) is 13.0. The van der Waals surface area contributed by atoms with Crippen molar-refractivity contribution in [2.24, 2.45) is 0 Å². The van der Waals surface area contributed by atoms with Crippen molar-refractivity contribution in [1.82, 2.24) is 0 Å². The van der Waals surface area contributed by atoms with Gasteiger partial charge in [-0.2, -0.15) is 0 Å². The number of rotatable bonds is 6. The number of hydrogen-bond acceptors (Lipinski definition) is 5. The maximum absolute atomic E-state index is 10.9. The van der Waals surface area contributed by atoms with Crippen LogP contribution in [0.1, 0.15) is 33.4 Å². The summed E-state index contributed by atoms with van der Waals surface area (Å²) in [4.78, 5) is 25.7. The largest absolute Gasteiger partial charge is 0.481 e. The third-order valence-corrected chi connectivity index (χ3v) is 5.46. The number of aryl methyl sites for hydroxylation is 2. The summed E-state index contributed by atoms with van der Waals surface area (Å²) in [6.07, 6.45) is 2.59. The number of carbonyl (C=O) groups excluding carboxylic acids is 1. The molecule has 2 aromatic rings. The van der Waals surface area contributed by atoms with Gasteiger partial charge in [0.15, 0.2) is 0 Å². The minimum Gasteiger partial charge on any atom is -0.481 e. The lowest BCUT2D eigenvalue weighted by atomic mass is 10.3. The molecular weight excluding hydrogens is 408 g/mol. The third kappa shape index (κ3) is 14.6. The van der Waals surface area contributed by atoms with Crippen LogP contribution in [0.15, 0.2) is 24.3 Å². The van der Waals surface area contributed by atoms with Crippen LogP contribution < -0.4 is 0 Å². The quantitative estimate of drug-likeness (QED) is 0.445. The average Bonchev–Trinajstić information content (AvgIpc) is 3.22. The van der Waals surface area contributed by atoms with E-state index >= 15 is 0 Å². The van der Waals surface area contributed by atoms with E-state index in [2.05, 4.69) is 50.8 Å². The normalized spacial score (nSPS) is 10.2. The SMILES string of the molecule is CCc1ccc(CC(=O)O)s1.CCc1ccc(CC(=O)OC)s1.C[Si](C)(C)C. The molecule has 0 aliphatic rings. The van der Waals surface area contributed by atoms with Crippen LogP contribution in [0.25, 0.3) is 0 Å². The van der Waals surface area contributed by atoms with E-state index in [0.29, 0.717) is 6.42 Å². The fourth-order valence-corrected chi connectivity index (χ4v) is 3.67. The number of methoxy groups -OCH3 is 1. The summed E-state index contributed by atoms with van der Waals surface area (Å²) < 4.78 is 4.56. The molecule has 158 valence electrons. The van der Waals surface area contributed by atoms with Gasteiger partial charge in [-0.25, -0.2) is 0 Å². The van der Waals surface area contributed by atoms with Crippen LogP contribution in [0.3, 0.4) is 0 Å². The van der Waals surface area contributed by atoms with Gasteiger partial charge < -0.3 is 9.84 Å². The molecule has 7 heteroatoms. The van der Waals surface area contributed by atoms with Gasteiger partial charge in [0.1, 0.15) is 0 Å². The first-order valence-corrected chi connectivity index (χ1v) is 15.1. The second kappa shape index (κ2) is 13.7. The second-order valence-corrected chi connectivity index (χ2v) is 16.3. The van der Waals surface area contributed by atoms with Gasteiger partial charge in [0.05, 0.1) is 20.0 Å². The Morgan fingerprint density at radius 2 is 1.21 bits per heavy atom. The Morgan fingerprint density at radius 1 is 0.857 bits per heavy atom. The highest BCUT2D eigenvalue weighted by Gasteiger charge is 2.05. The predicted molar refractivity (Wildman–Crippen MR) is 124 cm³/mol. The van der Waals surface area contributed by atoms with E-state index < -0.39 is 14.0 Å². The van der Waals surface area contributed by atoms with Gasteiger partial charge in [0.25, 0.3) is 0 Å². The summed E-state index contributed by atoms with van der Waals surface area (Å²) in [5.74, 6) is -0.922. The lowest BCUT2D eigenvalue weighted by Crippen LogP contribution is -2.10. The van der Waals surface area contributed by atoms with Crippen molar-refractivity contribution in [1.29, 1.82) is 0 Å². The maximum atomic E-state index is 10.9. The van der Waals surface area contributed by atoms with E-state index in [-0.39, 0.29) is 12.4 Å². The van der Waals surface area contributed by atoms with Crippen LogP contribution in [0.4, 0.5) is 0 Å². The molecule has 2 heterocycles. The molecule has 2 rings (SSSR count). The molecule has 0 aliphatic carbocycles. The number of carboxylic acids is 1. The Balaban J connectivity index is 0.000000424. The van der Waals surface area contributed by atoms with E-state index in [1.807, 2.05) is 18.2 Å². The van der Waals surface area contributed by atoms with E-state index in [9.17, 15) is 9.59 Å². The van der Waals surface area contributed by atoms with Crippen molar-refractivity contribution in [2.45, 2.75) is 65.7 Å². The molecule has 0 bridgehead atoms. The maximum Gasteiger partial charge on any atom is 0.310 e. The van der Waals surface area contributed by atoms with Crippen LogP contribution in [-0.2, 0) is 40.0 Å². The molecular formula is C21H34O4S2Si. The van der Waals surface area contributed by atoms with Gasteiger partial charge in [0.2, 0.25) is 0 Å². The van der Waals surface area contributed by atoms with Crippen molar-refractivity contribution < 1.29 is 19.4 Å². The third-order valence-electron chi connectivity index (χ3n) is 3.00. The molecule has 0 spiro atoms. The fourth-order valence-electron chi connectivity index (χ4n) is 1.78. The Bertz CT molecular complexity index is 708. The van der Waals surface area contributed by atoms with Gasteiger partial charge in [-0.05, 0) is 37.1 Å². The van der Waals surface area contributed by atoms with Gasteiger partial charge in [-0.15, -0.1) is 22.7 Å². The molecule has 0 saturated carbocycles. The molecule has 0 aliphatic heterocycles. The first kappa shape index (κ1) is 26.6. The Morgan fingerprint density at radius 3 is 1.50 bits per heavy atom. The first-order chi connectivity index (χ1) is 13.0. The molecule has 0 atom stereocenters. The van der Waals surface area contributed by atoms with E-state index in [4.69, 9.17) is 5.11 Å². The fraction of sp³-hybridized carbons (Fsp3) is 0.524. The topological polar surface area (TPSA) is 63.6 Å². The van der Waals surface area contributed by atoms with Crippen molar-refractivity contribution >= 4 is 42.7 Å². The smallest absolute Gasteiger partial charge is 0.310 e. The zero-order valence-electron chi connectivity index (χ0n) is 18.1. The number of carbonyl (C=O) groups is 2. The van der Waals surface area contributed by atoms with Gasteiger partial charge in [0, 0.05) is 27.6 Å².